The van der Waals surface area contributed by atoms with Gasteiger partial charge in [-0.25, -0.2) is 15.0 Å². The molecule has 5 rings (SSSR count). The lowest BCUT2D eigenvalue weighted by atomic mass is 10.0. The normalized spacial score (nSPS) is 15.9. The van der Waals surface area contributed by atoms with Crippen molar-refractivity contribution in [3.63, 3.8) is 0 Å². The van der Waals surface area contributed by atoms with E-state index in [-0.39, 0.29) is 11.6 Å². The van der Waals surface area contributed by atoms with Crippen LogP contribution in [0.3, 0.4) is 0 Å². The topological polar surface area (TPSA) is 91.7 Å². The van der Waals surface area contributed by atoms with E-state index in [0.717, 1.165) is 47.2 Å². The molecule has 0 bridgehead atoms. The summed E-state index contributed by atoms with van der Waals surface area (Å²) in [5.41, 5.74) is 3.43. The highest BCUT2D eigenvalue weighted by Crippen LogP contribution is 2.25. The van der Waals surface area contributed by atoms with Gasteiger partial charge in [-0.05, 0) is 56.8 Å². The van der Waals surface area contributed by atoms with Gasteiger partial charge in [-0.3, -0.25) is 4.79 Å². The van der Waals surface area contributed by atoms with E-state index in [9.17, 15) is 4.79 Å². The fraction of sp³-hybridized carbons (Fsp3) is 0.417. The van der Waals surface area contributed by atoms with Gasteiger partial charge in [0.05, 0.1) is 17.8 Å². The monoisotopic (exact) mass is 431 g/mol. The molecule has 0 amide bonds. The number of anilines is 1. The summed E-state index contributed by atoms with van der Waals surface area (Å²) in [5, 5.41) is 5.26. The summed E-state index contributed by atoms with van der Waals surface area (Å²) in [7, 11) is 0. The summed E-state index contributed by atoms with van der Waals surface area (Å²) in [5.74, 6) is 0.680. The lowest BCUT2D eigenvalue weighted by Gasteiger charge is -2.28. The van der Waals surface area contributed by atoms with Gasteiger partial charge in [0.25, 0.3) is 5.56 Å². The Hall–Kier alpha value is -3.26. The van der Waals surface area contributed by atoms with E-state index in [4.69, 9.17) is 0 Å². The lowest BCUT2D eigenvalue weighted by Crippen LogP contribution is -2.36. The van der Waals surface area contributed by atoms with E-state index in [2.05, 4.69) is 43.1 Å². The lowest BCUT2D eigenvalue weighted by molar-refractivity contribution is 0.219. The minimum Gasteiger partial charge on any atom is -0.360 e. The molecule has 0 spiro atoms. The smallest absolute Gasteiger partial charge is 0.259 e. The van der Waals surface area contributed by atoms with Crippen LogP contribution in [0.25, 0.3) is 21.9 Å². The van der Waals surface area contributed by atoms with Crippen LogP contribution in [-0.4, -0.2) is 49.0 Å². The highest BCUT2D eigenvalue weighted by Gasteiger charge is 2.19. The zero-order valence-electron chi connectivity index (χ0n) is 18.6. The second-order valence-electron chi connectivity index (χ2n) is 8.66. The second-order valence-corrected chi connectivity index (χ2v) is 8.66. The molecule has 1 saturated heterocycles. The maximum absolute atomic E-state index is 13.6. The van der Waals surface area contributed by atoms with Gasteiger partial charge < -0.3 is 19.8 Å². The number of aromatic amines is 1. The number of aryl methyl sites for hydroxylation is 1. The number of imidazole rings is 1. The van der Waals surface area contributed by atoms with Crippen LogP contribution in [0.2, 0.25) is 0 Å². The molecule has 2 N–H and O–H groups in total. The second kappa shape index (κ2) is 8.70. The number of hydrogen-bond donors (Lipinski definition) is 2. The quantitative estimate of drug-likeness (QED) is 0.484. The molecular weight excluding hydrogens is 402 g/mol. The number of hydrogen-bond acceptors (Lipinski definition) is 6. The molecule has 32 heavy (non-hydrogen) atoms. The zero-order chi connectivity index (χ0) is 22.1. The predicted octanol–water partition coefficient (Wildman–Crippen LogP) is 3.64. The molecule has 1 unspecified atom stereocenters. The molecule has 166 valence electrons. The van der Waals surface area contributed by atoms with Gasteiger partial charge in [-0.2, -0.15) is 0 Å². The highest BCUT2D eigenvalue weighted by atomic mass is 16.1. The number of pyridine rings is 1. The van der Waals surface area contributed by atoms with E-state index in [1.807, 2.05) is 29.7 Å². The molecule has 1 aromatic carbocycles. The first kappa shape index (κ1) is 20.6. The molecule has 0 radical (unpaired) electrons. The Morgan fingerprint density at radius 3 is 2.81 bits per heavy atom. The number of H-pyrrole nitrogens is 1. The zero-order valence-corrected chi connectivity index (χ0v) is 18.6. The summed E-state index contributed by atoms with van der Waals surface area (Å²) in [6.45, 7) is 7.86. The SMILES string of the molecule is Cc1cccc2cc(C(C)Nc3ncnc4nc[nH]c34)n(CCN3CCCCC3)c(=O)c12. The van der Waals surface area contributed by atoms with Gasteiger partial charge >= 0.3 is 0 Å². The van der Waals surface area contributed by atoms with Gasteiger partial charge in [0.1, 0.15) is 11.8 Å². The Kier molecular flexibility index (Phi) is 5.61. The third kappa shape index (κ3) is 3.86. The number of nitrogens with zero attached hydrogens (tertiary/aromatic N) is 5. The van der Waals surface area contributed by atoms with Crippen LogP contribution in [0.15, 0.2) is 41.7 Å². The van der Waals surface area contributed by atoms with Crippen molar-refractivity contribution in [2.75, 3.05) is 25.0 Å². The van der Waals surface area contributed by atoms with E-state index < -0.39 is 0 Å². The average molecular weight is 432 g/mol. The molecule has 0 saturated carbocycles. The molecular formula is C24H29N7O. The maximum atomic E-state index is 13.6. The van der Waals surface area contributed by atoms with Gasteiger partial charge in [0, 0.05) is 18.8 Å². The minimum absolute atomic E-state index is 0.0793. The number of likely N-dealkylation sites (tertiary alicyclic amines) is 1. The Bertz CT molecular complexity index is 1300. The molecule has 1 atom stereocenters. The van der Waals surface area contributed by atoms with Gasteiger partial charge in [0.2, 0.25) is 0 Å². The van der Waals surface area contributed by atoms with E-state index >= 15 is 0 Å². The van der Waals surface area contributed by atoms with Crippen molar-refractivity contribution in [3.8, 4) is 0 Å². The van der Waals surface area contributed by atoms with Crippen molar-refractivity contribution in [2.24, 2.45) is 0 Å². The van der Waals surface area contributed by atoms with Gasteiger partial charge in [-0.15, -0.1) is 0 Å². The summed E-state index contributed by atoms with van der Waals surface area (Å²) < 4.78 is 1.95. The number of aromatic nitrogens is 5. The third-order valence-electron chi connectivity index (χ3n) is 6.49. The van der Waals surface area contributed by atoms with Crippen molar-refractivity contribution >= 4 is 27.8 Å². The third-order valence-corrected chi connectivity index (χ3v) is 6.49. The Morgan fingerprint density at radius 1 is 1.12 bits per heavy atom. The molecule has 4 aromatic rings. The van der Waals surface area contributed by atoms with Crippen LogP contribution in [0, 0.1) is 6.92 Å². The summed E-state index contributed by atoms with van der Waals surface area (Å²) >= 11 is 0. The van der Waals surface area contributed by atoms with Crippen molar-refractivity contribution in [3.05, 3.63) is 58.5 Å². The Morgan fingerprint density at radius 2 is 1.97 bits per heavy atom. The number of nitrogens with one attached hydrogen (secondary N) is 2. The molecule has 1 fully saturated rings. The first-order valence-electron chi connectivity index (χ1n) is 11.4. The first-order chi connectivity index (χ1) is 15.6. The van der Waals surface area contributed by atoms with Crippen molar-refractivity contribution in [1.29, 1.82) is 0 Å². The van der Waals surface area contributed by atoms with Crippen LogP contribution in [0.4, 0.5) is 5.82 Å². The van der Waals surface area contributed by atoms with Crippen molar-refractivity contribution in [1.82, 2.24) is 29.4 Å². The van der Waals surface area contributed by atoms with Gasteiger partial charge in [-0.1, -0.05) is 24.6 Å². The number of fused-ring (bicyclic) bond motifs is 2. The minimum atomic E-state index is -0.129. The van der Waals surface area contributed by atoms with Crippen LogP contribution < -0.4 is 10.9 Å². The molecule has 8 nitrogen and oxygen atoms in total. The molecule has 4 heterocycles. The Balaban J connectivity index is 1.53. The van der Waals surface area contributed by atoms with E-state index in [0.29, 0.717) is 18.0 Å². The predicted molar refractivity (Wildman–Crippen MR) is 127 cm³/mol. The molecule has 8 heteroatoms. The largest absolute Gasteiger partial charge is 0.360 e. The average Bonchev–Trinajstić information content (AvgIpc) is 3.29. The summed E-state index contributed by atoms with van der Waals surface area (Å²) in [6, 6.07) is 8.05. The van der Waals surface area contributed by atoms with E-state index in [1.165, 1.54) is 25.6 Å². The molecule has 1 aliphatic heterocycles. The fourth-order valence-corrected chi connectivity index (χ4v) is 4.76. The fourth-order valence-electron chi connectivity index (χ4n) is 4.76. The number of rotatable bonds is 6. The molecule has 3 aromatic heterocycles. The molecule has 1 aliphatic rings. The van der Waals surface area contributed by atoms with Crippen LogP contribution in [-0.2, 0) is 6.54 Å². The number of benzene rings is 1. The summed E-state index contributed by atoms with van der Waals surface area (Å²) in [6.07, 6.45) is 6.90. The van der Waals surface area contributed by atoms with Crippen LogP contribution in [0.5, 0.6) is 0 Å². The molecule has 0 aliphatic carbocycles. The van der Waals surface area contributed by atoms with Crippen LogP contribution >= 0.6 is 0 Å². The van der Waals surface area contributed by atoms with Gasteiger partial charge in [0.15, 0.2) is 11.5 Å². The number of piperidine rings is 1. The van der Waals surface area contributed by atoms with E-state index in [1.54, 1.807) is 6.33 Å². The Labute approximate surface area is 186 Å². The van der Waals surface area contributed by atoms with Crippen molar-refractivity contribution in [2.45, 2.75) is 45.7 Å². The van der Waals surface area contributed by atoms with Crippen LogP contribution in [0.1, 0.15) is 43.5 Å². The first-order valence-corrected chi connectivity index (χ1v) is 11.4. The summed E-state index contributed by atoms with van der Waals surface area (Å²) in [4.78, 5) is 32.0. The van der Waals surface area contributed by atoms with Crippen molar-refractivity contribution < 1.29 is 0 Å². The highest BCUT2D eigenvalue weighted by molar-refractivity contribution is 5.85. The maximum Gasteiger partial charge on any atom is 0.259 e. The standard InChI is InChI=1S/C24H29N7O/c1-16-7-6-8-18-13-19(17(2)29-23-21-22(26-14-25-21)27-15-28-23)31(24(32)20(16)18)12-11-30-9-4-3-5-10-30/h6-8,13-15,17H,3-5,9-12H2,1-2H3,(H2,25,26,27,28,29).